The van der Waals surface area contributed by atoms with Crippen LogP contribution in [0.1, 0.15) is 18.1 Å². The van der Waals surface area contributed by atoms with Crippen molar-refractivity contribution < 1.29 is 9.32 Å². The van der Waals surface area contributed by atoms with Crippen LogP contribution in [0, 0.1) is 0 Å². The van der Waals surface area contributed by atoms with Crippen molar-refractivity contribution in [3.63, 3.8) is 0 Å². The molecule has 0 fully saturated rings. The van der Waals surface area contributed by atoms with Gasteiger partial charge in [0.05, 0.1) is 11.0 Å². The number of imidazole rings is 1. The predicted octanol–water partition coefficient (Wildman–Crippen LogP) is 3.90. The molecule has 148 valence electrons. The zero-order valence-corrected chi connectivity index (χ0v) is 16.7. The Bertz CT molecular complexity index is 1090. The summed E-state index contributed by atoms with van der Waals surface area (Å²) in [6.45, 7) is 0.582. The molecule has 4 rings (SSSR count). The van der Waals surface area contributed by atoms with E-state index in [9.17, 15) is 4.79 Å². The number of aromatic nitrogens is 4. The molecule has 0 saturated heterocycles. The molecule has 0 unspecified atom stereocenters. The number of likely N-dealkylation sites (N-methyl/N-ethyl adjacent to an activating group) is 1. The molecule has 2 aromatic heterocycles. The van der Waals surface area contributed by atoms with E-state index < -0.39 is 0 Å². The summed E-state index contributed by atoms with van der Waals surface area (Å²) >= 11 is 5.89. The van der Waals surface area contributed by atoms with Gasteiger partial charge in [-0.1, -0.05) is 28.9 Å². The molecule has 4 aromatic rings. The summed E-state index contributed by atoms with van der Waals surface area (Å²) < 4.78 is 5.26. The highest BCUT2D eigenvalue weighted by Crippen LogP contribution is 2.19. The highest BCUT2D eigenvalue weighted by molar-refractivity contribution is 6.30. The minimum absolute atomic E-state index is 0.0207. The maximum atomic E-state index is 12.4. The highest BCUT2D eigenvalue weighted by atomic mass is 35.5. The van der Waals surface area contributed by atoms with Crippen molar-refractivity contribution in [2.24, 2.45) is 0 Å². The van der Waals surface area contributed by atoms with Crippen molar-refractivity contribution in [2.45, 2.75) is 19.3 Å². The third-order valence-electron chi connectivity index (χ3n) is 4.67. The fourth-order valence-electron chi connectivity index (χ4n) is 3.00. The summed E-state index contributed by atoms with van der Waals surface area (Å²) in [5, 5.41) is 4.62. The number of halogens is 1. The molecule has 0 aliphatic rings. The van der Waals surface area contributed by atoms with Crippen LogP contribution in [0.25, 0.3) is 22.4 Å². The second-order valence-corrected chi connectivity index (χ2v) is 7.22. The van der Waals surface area contributed by atoms with Gasteiger partial charge in [-0.15, -0.1) is 0 Å². The van der Waals surface area contributed by atoms with Crippen LogP contribution in [0.15, 0.2) is 53.1 Å². The Morgan fingerprint density at radius 3 is 2.69 bits per heavy atom. The quantitative estimate of drug-likeness (QED) is 0.500. The molecule has 1 amide bonds. The Morgan fingerprint density at radius 2 is 1.90 bits per heavy atom. The number of rotatable bonds is 7. The number of aromatic amines is 1. The lowest BCUT2D eigenvalue weighted by Crippen LogP contribution is -2.29. The third kappa shape index (κ3) is 4.63. The third-order valence-corrected chi connectivity index (χ3v) is 4.92. The van der Waals surface area contributed by atoms with Gasteiger partial charge in [-0.05, 0) is 36.4 Å². The number of fused-ring (bicyclic) bond motifs is 1. The number of carbonyl (C=O) groups is 1. The van der Waals surface area contributed by atoms with E-state index >= 15 is 0 Å². The molecular weight excluding hydrogens is 390 g/mol. The Kier molecular flexibility index (Phi) is 5.57. The van der Waals surface area contributed by atoms with E-state index in [-0.39, 0.29) is 5.91 Å². The highest BCUT2D eigenvalue weighted by Gasteiger charge is 2.14. The van der Waals surface area contributed by atoms with E-state index in [0.717, 1.165) is 22.4 Å². The van der Waals surface area contributed by atoms with Gasteiger partial charge >= 0.3 is 0 Å². The molecule has 7 nitrogen and oxygen atoms in total. The van der Waals surface area contributed by atoms with Gasteiger partial charge in [0.2, 0.25) is 17.6 Å². The number of hydrogen-bond acceptors (Lipinski definition) is 5. The SMILES string of the molecule is CN(CCc1nc2ccccc2[nH]1)C(=O)CCc1nc(-c2ccc(Cl)cc2)no1. The van der Waals surface area contributed by atoms with Gasteiger partial charge in [-0.25, -0.2) is 4.98 Å². The topological polar surface area (TPSA) is 87.9 Å². The van der Waals surface area contributed by atoms with Crippen molar-refractivity contribution in [3.05, 3.63) is 65.3 Å². The first-order chi connectivity index (χ1) is 14.1. The molecule has 0 spiro atoms. The average molecular weight is 410 g/mol. The largest absolute Gasteiger partial charge is 0.345 e. The zero-order valence-electron chi connectivity index (χ0n) is 15.9. The van der Waals surface area contributed by atoms with Crippen LogP contribution in [0.3, 0.4) is 0 Å². The minimum atomic E-state index is 0.0207. The number of carbonyl (C=O) groups excluding carboxylic acids is 1. The molecule has 2 aromatic carbocycles. The van der Waals surface area contributed by atoms with Crippen LogP contribution in [0.2, 0.25) is 5.02 Å². The van der Waals surface area contributed by atoms with Crippen LogP contribution in [0.4, 0.5) is 0 Å². The number of aryl methyl sites for hydroxylation is 1. The predicted molar refractivity (Wildman–Crippen MR) is 110 cm³/mol. The van der Waals surface area contributed by atoms with Crippen molar-refractivity contribution in [1.82, 2.24) is 25.0 Å². The fourth-order valence-corrected chi connectivity index (χ4v) is 3.13. The van der Waals surface area contributed by atoms with Crippen molar-refractivity contribution in [1.29, 1.82) is 0 Å². The van der Waals surface area contributed by atoms with E-state index in [0.29, 0.717) is 42.5 Å². The maximum absolute atomic E-state index is 12.4. The standard InChI is InChI=1S/C21H20ClN5O2/c1-27(13-12-18-23-16-4-2-3-5-17(16)24-18)20(28)11-10-19-25-21(26-29-19)14-6-8-15(22)9-7-14/h2-9H,10-13H2,1H3,(H,23,24). The first-order valence-corrected chi connectivity index (χ1v) is 9.72. The van der Waals surface area contributed by atoms with Crippen molar-refractivity contribution in [3.8, 4) is 11.4 Å². The Hall–Kier alpha value is -3.19. The maximum Gasteiger partial charge on any atom is 0.227 e. The number of nitrogens with zero attached hydrogens (tertiary/aromatic N) is 4. The Labute approximate surface area is 172 Å². The van der Waals surface area contributed by atoms with Crippen LogP contribution >= 0.6 is 11.6 Å². The van der Waals surface area contributed by atoms with Crippen LogP contribution in [-0.4, -0.2) is 44.5 Å². The van der Waals surface area contributed by atoms with Gasteiger partial charge < -0.3 is 14.4 Å². The lowest BCUT2D eigenvalue weighted by Gasteiger charge is -2.15. The van der Waals surface area contributed by atoms with Gasteiger partial charge in [-0.2, -0.15) is 4.98 Å². The Balaban J connectivity index is 1.28. The average Bonchev–Trinajstić information content (AvgIpc) is 3.37. The van der Waals surface area contributed by atoms with Gasteiger partial charge in [0.1, 0.15) is 5.82 Å². The summed E-state index contributed by atoms with van der Waals surface area (Å²) in [5.41, 5.74) is 2.76. The summed E-state index contributed by atoms with van der Waals surface area (Å²) in [7, 11) is 1.79. The first-order valence-electron chi connectivity index (χ1n) is 9.34. The molecule has 0 atom stereocenters. The van der Waals surface area contributed by atoms with E-state index in [1.54, 1.807) is 24.1 Å². The number of nitrogens with one attached hydrogen (secondary N) is 1. The molecule has 8 heteroatoms. The van der Waals surface area contributed by atoms with Crippen LogP contribution < -0.4 is 0 Å². The molecule has 2 heterocycles. The summed E-state index contributed by atoms with van der Waals surface area (Å²) in [6, 6.07) is 15.1. The van der Waals surface area contributed by atoms with Gasteiger partial charge in [0, 0.05) is 43.4 Å². The normalized spacial score (nSPS) is 11.1. The molecule has 0 saturated carbocycles. The second kappa shape index (κ2) is 8.45. The van der Waals surface area contributed by atoms with E-state index in [1.807, 2.05) is 36.4 Å². The van der Waals surface area contributed by atoms with Crippen LogP contribution in [0.5, 0.6) is 0 Å². The minimum Gasteiger partial charge on any atom is -0.345 e. The van der Waals surface area contributed by atoms with E-state index in [4.69, 9.17) is 16.1 Å². The molecule has 0 radical (unpaired) electrons. The number of amides is 1. The van der Waals surface area contributed by atoms with Crippen LogP contribution in [-0.2, 0) is 17.6 Å². The van der Waals surface area contributed by atoms with Crippen molar-refractivity contribution >= 4 is 28.5 Å². The van der Waals surface area contributed by atoms with Gasteiger partial charge in [0.15, 0.2) is 0 Å². The molecule has 0 aliphatic carbocycles. The van der Waals surface area contributed by atoms with Gasteiger partial charge in [0.25, 0.3) is 0 Å². The van der Waals surface area contributed by atoms with Gasteiger partial charge in [-0.3, -0.25) is 4.79 Å². The van der Waals surface area contributed by atoms with E-state index in [1.165, 1.54) is 0 Å². The summed E-state index contributed by atoms with van der Waals surface area (Å²) in [4.78, 5) is 26.3. The Morgan fingerprint density at radius 1 is 1.10 bits per heavy atom. The monoisotopic (exact) mass is 409 g/mol. The second-order valence-electron chi connectivity index (χ2n) is 6.78. The lowest BCUT2D eigenvalue weighted by molar-refractivity contribution is -0.129. The summed E-state index contributed by atoms with van der Waals surface area (Å²) in [5.74, 6) is 1.82. The summed E-state index contributed by atoms with van der Waals surface area (Å²) in [6.07, 6.45) is 1.37. The molecule has 1 N–H and O–H groups in total. The number of benzene rings is 2. The van der Waals surface area contributed by atoms with Crippen molar-refractivity contribution in [2.75, 3.05) is 13.6 Å². The zero-order chi connectivity index (χ0) is 20.2. The smallest absolute Gasteiger partial charge is 0.227 e. The number of H-pyrrole nitrogens is 1. The molecular formula is C21H20ClN5O2. The molecule has 29 heavy (non-hydrogen) atoms. The lowest BCUT2D eigenvalue weighted by atomic mass is 10.2. The number of para-hydroxylation sites is 2. The van der Waals surface area contributed by atoms with E-state index in [2.05, 4.69) is 20.1 Å². The first kappa shape index (κ1) is 19.1. The molecule has 0 bridgehead atoms. The number of hydrogen-bond donors (Lipinski definition) is 1. The fraction of sp³-hybridized carbons (Fsp3) is 0.238. The molecule has 0 aliphatic heterocycles.